The second kappa shape index (κ2) is 9.63. The fourth-order valence-electron chi connectivity index (χ4n) is 2.60. The fourth-order valence-corrected chi connectivity index (χ4v) is 2.60. The summed E-state index contributed by atoms with van der Waals surface area (Å²) in [4.78, 5) is 0. The zero-order valence-corrected chi connectivity index (χ0v) is 13.6. The van der Waals surface area contributed by atoms with Crippen LogP contribution in [0, 0.1) is 0 Å². The zero-order chi connectivity index (χ0) is 14.8. The summed E-state index contributed by atoms with van der Waals surface area (Å²) in [5, 5.41) is 0. The van der Waals surface area contributed by atoms with Crippen molar-refractivity contribution < 1.29 is 4.74 Å². The molecule has 0 heterocycles. The quantitative estimate of drug-likeness (QED) is 0.510. The van der Waals surface area contributed by atoms with Gasteiger partial charge >= 0.3 is 0 Å². The molecule has 0 amide bonds. The Hall–Kier alpha value is -1.24. The Labute approximate surface area is 125 Å². The Morgan fingerprint density at radius 1 is 1.10 bits per heavy atom. The van der Waals surface area contributed by atoms with Crippen LogP contribution >= 0.6 is 0 Å². The molecule has 0 N–H and O–H groups in total. The number of hydrogen-bond acceptors (Lipinski definition) is 1. The molecule has 112 valence electrons. The van der Waals surface area contributed by atoms with E-state index >= 15 is 0 Å². The minimum atomic E-state index is 0.579. The number of ether oxygens (including phenoxy) is 1. The van der Waals surface area contributed by atoms with Crippen molar-refractivity contribution in [3.63, 3.8) is 0 Å². The summed E-state index contributed by atoms with van der Waals surface area (Å²) >= 11 is 0. The van der Waals surface area contributed by atoms with Crippen molar-refractivity contribution in [3.8, 4) is 5.75 Å². The van der Waals surface area contributed by atoms with E-state index in [1.54, 1.807) is 0 Å². The molecule has 0 spiro atoms. The predicted octanol–water partition coefficient (Wildman–Crippen LogP) is 5.89. The summed E-state index contributed by atoms with van der Waals surface area (Å²) in [6.45, 7) is 9.46. The first-order chi connectivity index (χ1) is 9.76. The molecule has 0 saturated heterocycles. The van der Waals surface area contributed by atoms with Gasteiger partial charge in [-0.1, -0.05) is 51.5 Å². The van der Waals surface area contributed by atoms with Gasteiger partial charge in [-0.3, -0.25) is 0 Å². The summed E-state index contributed by atoms with van der Waals surface area (Å²) in [7, 11) is 0. The minimum absolute atomic E-state index is 0.579. The Morgan fingerprint density at radius 2 is 1.90 bits per heavy atom. The van der Waals surface area contributed by atoms with E-state index < -0.39 is 0 Å². The third kappa shape index (κ3) is 5.03. The van der Waals surface area contributed by atoms with E-state index in [0.717, 1.165) is 31.6 Å². The third-order valence-corrected chi connectivity index (χ3v) is 3.68. The number of allylic oxidation sites excluding steroid dienone is 2. The Balaban J connectivity index is 3.03. The molecule has 0 fully saturated rings. The maximum absolute atomic E-state index is 5.85. The molecule has 1 unspecified atom stereocenters. The van der Waals surface area contributed by atoms with Gasteiger partial charge in [-0.25, -0.2) is 0 Å². The van der Waals surface area contributed by atoms with Crippen LogP contribution < -0.4 is 4.74 Å². The van der Waals surface area contributed by atoms with Gasteiger partial charge in [0.25, 0.3) is 0 Å². The van der Waals surface area contributed by atoms with Gasteiger partial charge < -0.3 is 4.74 Å². The van der Waals surface area contributed by atoms with Crippen molar-refractivity contribution in [2.24, 2.45) is 0 Å². The van der Waals surface area contributed by atoms with Crippen molar-refractivity contribution in [3.05, 3.63) is 41.5 Å². The number of aryl methyl sites for hydroxylation is 1. The number of rotatable bonds is 9. The molecule has 1 aromatic carbocycles. The van der Waals surface area contributed by atoms with E-state index in [1.165, 1.54) is 24.0 Å². The highest BCUT2D eigenvalue weighted by Gasteiger charge is 2.15. The minimum Gasteiger partial charge on any atom is -0.494 e. The van der Waals surface area contributed by atoms with Crippen molar-refractivity contribution in [2.45, 2.75) is 65.7 Å². The topological polar surface area (TPSA) is 9.23 Å². The van der Waals surface area contributed by atoms with Crippen molar-refractivity contribution in [2.75, 3.05) is 6.61 Å². The monoisotopic (exact) mass is 274 g/mol. The highest BCUT2D eigenvalue weighted by atomic mass is 16.5. The van der Waals surface area contributed by atoms with Crippen LogP contribution in [-0.2, 0) is 6.42 Å². The molecule has 20 heavy (non-hydrogen) atoms. The summed E-state index contributed by atoms with van der Waals surface area (Å²) < 4.78 is 5.85. The van der Waals surface area contributed by atoms with Crippen LogP contribution in [0.3, 0.4) is 0 Å². The first kappa shape index (κ1) is 16.8. The van der Waals surface area contributed by atoms with E-state index in [9.17, 15) is 0 Å². The van der Waals surface area contributed by atoms with E-state index in [4.69, 9.17) is 4.74 Å². The molecule has 0 saturated carbocycles. The molecular weight excluding hydrogens is 244 g/mol. The molecule has 1 atom stereocenters. The molecule has 0 radical (unpaired) electrons. The Bertz CT molecular complexity index is 406. The van der Waals surface area contributed by atoms with Crippen molar-refractivity contribution in [1.82, 2.24) is 0 Å². The highest BCUT2D eigenvalue weighted by molar-refractivity contribution is 5.40. The van der Waals surface area contributed by atoms with Gasteiger partial charge in [0.05, 0.1) is 6.61 Å². The summed E-state index contributed by atoms with van der Waals surface area (Å²) in [6.07, 6.45) is 10.4. The number of benzene rings is 1. The Morgan fingerprint density at radius 3 is 2.50 bits per heavy atom. The molecule has 0 aliphatic carbocycles. The van der Waals surface area contributed by atoms with Gasteiger partial charge in [0.15, 0.2) is 0 Å². The van der Waals surface area contributed by atoms with Gasteiger partial charge in [-0.05, 0) is 55.7 Å². The first-order valence-electron chi connectivity index (χ1n) is 8.17. The van der Waals surface area contributed by atoms with Crippen molar-refractivity contribution in [1.29, 1.82) is 0 Å². The van der Waals surface area contributed by atoms with E-state index in [1.807, 2.05) is 0 Å². The molecule has 1 nitrogen and oxygen atoms in total. The van der Waals surface area contributed by atoms with Crippen LogP contribution in [0.15, 0.2) is 30.4 Å². The number of hydrogen-bond donors (Lipinski definition) is 0. The fraction of sp³-hybridized carbons (Fsp3) is 0.579. The van der Waals surface area contributed by atoms with Crippen LogP contribution in [0.1, 0.15) is 70.4 Å². The lowest BCUT2D eigenvalue weighted by atomic mass is 9.89. The average Bonchev–Trinajstić information content (AvgIpc) is 2.47. The van der Waals surface area contributed by atoms with Gasteiger partial charge in [0.2, 0.25) is 0 Å². The van der Waals surface area contributed by atoms with Gasteiger partial charge in [0, 0.05) is 0 Å². The van der Waals surface area contributed by atoms with Crippen LogP contribution in [0.5, 0.6) is 5.75 Å². The molecule has 1 heteroatoms. The van der Waals surface area contributed by atoms with E-state index in [-0.39, 0.29) is 0 Å². The molecule has 0 aromatic heterocycles. The summed E-state index contributed by atoms with van der Waals surface area (Å²) in [5.41, 5.74) is 2.80. The smallest absolute Gasteiger partial charge is 0.122 e. The predicted molar refractivity (Wildman–Crippen MR) is 88.7 cm³/mol. The normalized spacial score (nSPS) is 12.8. The second-order valence-corrected chi connectivity index (χ2v) is 5.26. The lowest BCUT2D eigenvalue weighted by Crippen LogP contribution is -2.04. The lowest BCUT2D eigenvalue weighted by Gasteiger charge is -2.20. The first-order valence-corrected chi connectivity index (χ1v) is 8.17. The zero-order valence-electron chi connectivity index (χ0n) is 13.6. The third-order valence-electron chi connectivity index (χ3n) is 3.68. The van der Waals surface area contributed by atoms with Crippen LogP contribution in [0.4, 0.5) is 0 Å². The van der Waals surface area contributed by atoms with Crippen LogP contribution in [-0.4, -0.2) is 6.61 Å². The van der Waals surface area contributed by atoms with Crippen LogP contribution in [0.25, 0.3) is 0 Å². The molecule has 1 aromatic rings. The largest absolute Gasteiger partial charge is 0.494 e. The molecular formula is C19H30O. The van der Waals surface area contributed by atoms with E-state index in [0.29, 0.717) is 5.92 Å². The second-order valence-electron chi connectivity index (χ2n) is 5.26. The Kier molecular flexibility index (Phi) is 8.10. The lowest BCUT2D eigenvalue weighted by molar-refractivity contribution is 0.333. The molecule has 0 aliphatic heterocycles. The molecule has 0 aliphatic rings. The molecule has 1 rings (SSSR count). The standard InChI is InChI=1S/C19H30O/c1-5-9-10-12-17(11-6-2)18-15-16(7-3)13-14-19(18)20-8-4/h9-10,13-15,17H,5-8,11-12H2,1-4H3/b10-9-. The highest BCUT2D eigenvalue weighted by Crippen LogP contribution is 2.34. The van der Waals surface area contributed by atoms with Gasteiger partial charge in [-0.2, -0.15) is 0 Å². The molecule has 0 bridgehead atoms. The average molecular weight is 274 g/mol. The summed E-state index contributed by atoms with van der Waals surface area (Å²) in [6, 6.07) is 6.70. The van der Waals surface area contributed by atoms with Crippen molar-refractivity contribution >= 4 is 0 Å². The summed E-state index contributed by atoms with van der Waals surface area (Å²) in [5.74, 6) is 1.66. The van der Waals surface area contributed by atoms with E-state index in [2.05, 4.69) is 58.0 Å². The maximum atomic E-state index is 5.85. The maximum Gasteiger partial charge on any atom is 0.122 e. The van der Waals surface area contributed by atoms with Gasteiger partial charge in [0.1, 0.15) is 5.75 Å². The SMILES string of the molecule is CC/C=C\CC(CCC)c1cc(CC)ccc1OCC. The van der Waals surface area contributed by atoms with Crippen LogP contribution in [0.2, 0.25) is 0 Å². The van der Waals surface area contributed by atoms with Gasteiger partial charge in [-0.15, -0.1) is 0 Å².